The lowest BCUT2D eigenvalue weighted by Gasteiger charge is -2.09. The first-order valence-electron chi connectivity index (χ1n) is 7.68. The van der Waals surface area contributed by atoms with Crippen molar-refractivity contribution in [3.05, 3.63) is 23.2 Å². The fourth-order valence-corrected chi connectivity index (χ4v) is 4.45. The van der Waals surface area contributed by atoms with E-state index >= 15 is 0 Å². The van der Waals surface area contributed by atoms with Gasteiger partial charge in [0.25, 0.3) is 0 Å². The number of nitrogens with zero attached hydrogens (tertiary/aromatic N) is 3. The summed E-state index contributed by atoms with van der Waals surface area (Å²) >= 11 is 3.15. The van der Waals surface area contributed by atoms with Gasteiger partial charge >= 0.3 is 0 Å². The molecule has 2 heterocycles. The second kappa shape index (κ2) is 7.60. The third-order valence-electron chi connectivity index (χ3n) is 3.56. The van der Waals surface area contributed by atoms with E-state index in [1.54, 1.807) is 37.1 Å². The van der Waals surface area contributed by atoms with Gasteiger partial charge in [0.15, 0.2) is 5.78 Å². The summed E-state index contributed by atoms with van der Waals surface area (Å²) in [6, 6.07) is 5.57. The highest BCUT2D eigenvalue weighted by molar-refractivity contribution is 8.15. The third-order valence-corrected chi connectivity index (χ3v) is 5.77. The second-order valence-electron chi connectivity index (χ2n) is 5.60. The van der Waals surface area contributed by atoms with Crippen molar-refractivity contribution in [3.63, 3.8) is 0 Å². The van der Waals surface area contributed by atoms with Crippen LogP contribution in [0.15, 0.2) is 23.2 Å². The molecular formula is C16H19N3O3S2. The predicted octanol–water partition coefficient (Wildman–Crippen LogP) is 2.84. The minimum absolute atomic E-state index is 0.0998. The zero-order valence-corrected chi connectivity index (χ0v) is 15.2. The van der Waals surface area contributed by atoms with Gasteiger partial charge in [-0.2, -0.15) is 5.06 Å². The van der Waals surface area contributed by atoms with Crippen molar-refractivity contribution >= 4 is 44.1 Å². The molecule has 3 rings (SSSR count). The van der Waals surface area contributed by atoms with E-state index in [1.807, 2.05) is 18.2 Å². The summed E-state index contributed by atoms with van der Waals surface area (Å²) in [5.74, 6) is 1.59. The number of thioether (sulfide) groups is 1. The van der Waals surface area contributed by atoms with Crippen LogP contribution in [0.3, 0.4) is 0 Å². The lowest BCUT2D eigenvalue weighted by molar-refractivity contribution is -0.117. The topological polar surface area (TPSA) is 75.0 Å². The van der Waals surface area contributed by atoms with Gasteiger partial charge in [-0.25, -0.2) is 4.98 Å². The van der Waals surface area contributed by atoms with Crippen molar-refractivity contribution in [1.29, 1.82) is 0 Å². The molecule has 8 heteroatoms. The second-order valence-corrected chi connectivity index (χ2v) is 7.64. The molecule has 1 aromatic heterocycles. The summed E-state index contributed by atoms with van der Waals surface area (Å²) in [6.07, 6.45) is 0.749. The van der Waals surface area contributed by atoms with E-state index in [4.69, 9.17) is 9.94 Å². The number of hydrogen-bond donors (Lipinski definition) is 1. The first-order chi connectivity index (χ1) is 11.5. The molecule has 0 amide bonds. The Labute approximate surface area is 148 Å². The normalized spacial score (nSPS) is 17.5. The maximum atomic E-state index is 11.4. The number of Topliss-reactive ketones (excluding diaryl/α,β-unsaturated/α-hetero) is 1. The molecule has 0 saturated carbocycles. The Bertz CT molecular complexity index is 773. The van der Waals surface area contributed by atoms with Gasteiger partial charge in [0, 0.05) is 19.3 Å². The third kappa shape index (κ3) is 4.13. The molecule has 0 saturated heterocycles. The monoisotopic (exact) mass is 365 g/mol. The Morgan fingerprint density at radius 3 is 3.04 bits per heavy atom. The molecule has 2 aromatic rings. The summed E-state index contributed by atoms with van der Waals surface area (Å²) in [5, 5.41) is 11.9. The van der Waals surface area contributed by atoms with E-state index in [-0.39, 0.29) is 11.8 Å². The molecule has 1 atom stereocenters. The van der Waals surface area contributed by atoms with Gasteiger partial charge in [0.1, 0.15) is 21.8 Å². The van der Waals surface area contributed by atoms with Crippen molar-refractivity contribution in [2.75, 3.05) is 26.0 Å². The van der Waals surface area contributed by atoms with Crippen LogP contribution >= 0.6 is 23.1 Å². The highest BCUT2D eigenvalue weighted by atomic mass is 32.2. The van der Waals surface area contributed by atoms with Crippen molar-refractivity contribution in [2.24, 2.45) is 4.99 Å². The number of carbonyl (C=O) groups excluding carboxylic acids is 1. The largest absolute Gasteiger partial charge is 0.493 e. The average Bonchev–Trinajstić information content (AvgIpc) is 3.17. The van der Waals surface area contributed by atoms with Gasteiger partial charge in [0.05, 0.1) is 16.8 Å². The smallest absolute Gasteiger partial charge is 0.155 e. The number of aliphatic imine (C=N–C) groups is 1. The molecule has 1 aromatic carbocycles. The number of fused-ring (bicyclic) bond motifs is 1. The number of rotatable bonds is 7. The van der Waals surface area contributed by atoms with Crippen LogP contribution in [0.2, 0.25) is 0 Å². The van der Waals surface area contributed by atoms with Gasteiger partial charge in [-0.3, -0.25) is 9.79 Å². The minimum atomic E-state index is -0.236. The van der Waals surface area contributed by atoms with Crippen LogP contribution in [0.1, 0.15) is 18.4 Å². The van der Waals surface area contributed by atoms with Crippen LogP contribution in [-0.4, -0.2) is 58.1 Å². The first-order valence-corrected chi connectivity index (χ1v) is 9.48. The molecule has 0 aliphatic carbocycles. The summed E-state index contributed by atoms with van der Waals surface area (Å²) in [5.41, 5.74) is 0.909. The molecule has 0 bridgehead atoms. The van der Waals surface area contributed by atoms with Gasteiger partial charge < -0.3 is 9.94 Å². The van der Waals surface area contributed by atoms with E-state index in [1.165, 1.54) is 0 Å². The summed E-state index contributed by atoms with van der Waals surface area (Å²) in [7, 11) is 1.62. The Kier molecular flexibility index (Phi) is 5.50. The van der Waals surface area contributed by atoms with E-state index in [9.17, 15) is 4.79 Å². The van der Waals surface area contributed by atoms with Gasteiger partial charge in [-0.05, 0) is 31.5 Å². The summed E-state index contributed by atoms with van der Waals surface area (Å²) in [4.78, 5) is 20.5. The number of ether oxygens (including phenoxy) is 1. The van der Waals surface area contributed by atoms with Crippen LogP contribution in [-0.2, 0) is 4.79 Å². The summed E-state index contributed by atoms with van der Waals surface area (Å²) < 4.78 is 6.75. The molecule has 1 aliphatic rings. The van der Waals surface area contributed by atoms with Crippen molar-refractivity contribution < 1.29 is 14.7 Å². The lowest BCUT2D eigenvalue weighted by atomic mass is 10.2. The zero-order valence-electron chi connectivity index (χ0n) is 13.6. The molecule has 1 N–H and O–H groups in total. The van der Waals surface area contributed by atoms with Gasteiger partial charge in [-0.1, -0.05) is 0 Å². The van der Waals surface area contributed by atoms with Crippen LogP contribution in [0.5, 0.6) is 5.75 Å². The van der Waals surface area contributed by atoms with E-state index in [2.05, 4.69) is 9.98 Å². The molecular weight excluding hydrogens is 346 g/mol. The number of carbonyl (C=O) groups is 1. The number of ketones is 1. The number of aromatic nitrogens is 1. The molecule has 6 nitrogen and oxygen atoms in total. The molecule has 0 fully saturated rings. The van der Waals surface area contributed by atoms with Gasteiger partial charge in [-0.15, -0.1) is 23.1 Å². The fraction of sp³-hybridized carbons (Fsp3) is 0.438. The van der Waals surface area contributed by atoms with Gasteiger partial charge in [0.2, 0.25) is 0 Å². The Hall–Kier alpha value is -1.48. The number of thiazole rings is 1. The SMILES string of the molecule is CC(=O)C1CSC(c2nc3ccc(OCCCN(C)O)cc3s2)=N1. The predicted molar refractivity (Wildman–Crippen MR) is 97.6 cm³/mol. The quantitative estimate of drug-likeness (QED) is 0.601. The maximum Gasteiger partial charge on any atom is 0.155 e. The molecule has 1 aliphatic heterocycles. The van der Waals surface area contributed by atoms with Crippen molar-refractivity contribution in [2.45, 2.75) is 19.4 Å². The van der Waals surface area contributed by atoms with Crippen LogP contribution in [0.25, 0.3) is 10.2 Å². The zero-order chi connectivity index (χ0) is 17.1. The summed E-state index contributed by atoms with van der Waals surface area (Å²) in [6.45, 7) is 2.69. The molecule has 128 valence electrons. The molecule has 0 spiro atoms. The fourth-order valence-electron chi connectivity index (χ4n) is 2.27. The van der Waals surface area contributed by atoms with Crippen LogP contribution < -0.4 is 4.74 Å². The highest BCUT2D eigenvalue weighted by Gasteiger charge is 2.24. The van der Waals surface area contributed by atoms with Crippen LogP contribution in [0.4, 0.5) is 0 Å². The van der Waals surface area contributed by atoms with Crippen LogP contribution in [0, 0.1) is 0 Å². The average molecular weight is 365 g/mol. The standard InChI is InChI=1S/C16H19N3O3S2/c1-10(20)13-9-23-15(18-13)16-17-12-5-4-11(8-14(12)24-16)22-7-3-6-19(2)21/h4-5,8,13,21H,3,6-7,9H2,1-2H3. The Morgan fingerprint density at radius 1 is 1.50 bits per heavy atom. The minimum Gasteiger partial charge on any atom is -0.493 e. The van der Waals surface area contributed by atoms with E-state index < -0.39 is 0 Å². The van der Waals surface area contributed by atoms with Crippen molar-refractivity contribution in [1.82, 2.24) is 10.0 Å². The lowest BCUT2D eigenvalue weighted by Crippen LogP contribution is -2.16. The number of benzene rings is 1. The Balaban J connectivity index is 1.70. The Morgan fingerprint density at radius 2 is 2.33 bits per heavy atom. The highest BCUT2D eigenvalue weighted by Crippen LogP contribution is 2.31. The first kappa shape index (κ1) is 17.3. The van der Waals surface area contributed by atoms with Crippen molar-refractivity contribution in [3.8, 4) is 5.75 Å². The van der Waals surface area contributed by atoms with E-state index in [0.717, 1.165) is 37.5 Å². The van der Waals surface area contributed by atoms with E-state index in [0.29, 0.717) is 18.9 Å². The number of hydroxylamine groups is 2. The maximum absolute atomic E-state index is 11.4. The molecule has 0 radical (unpaired) electrons. The number of hydrogen-bond acceptors (Lipinski definition) is 8. The molecule has 1 unspecified atom stereocenters. The molecule has 24 heavy (non-hydrogen) atoms.